The highest BCUT2D eigenvalue weighted by Crippen LogP contribution is 2.52. The average Bonchev–Trinajstić information content (AvgIpc) is 3.59. The monoisotopic (exact) mass is 651 g/mol. The lowest BCUT2D eigenvalue weighted by Gasteiger charge is -2.20. The number of anilines is 2. The van der Waals surface area contributed by atoms with Crippen LogP contribution in [0.25, 0.3) is 33.2 Å². The van der Waals surface area contributed by atoms with Crippen molar-refractivity contribution in [3.63, 3.8) is 0 Å². The fraction of sp³-hybridized carbons (Fsp3) is 0.314. The Balaban J connectivity index is 1.14. The number of hydrogen-bond acceptors (Lipinski definition) is 10. The van der Waals surface area contributed by atoms with E-state index in [4.69, 9.17) is 31.0 Å². The Kier molecular flexibility index (Phi) is 8.11. The van der Waals surface area contributed by atoms with E-state index in [1.807, 2.05) is 50.2 Å². The lowest BCUT2D eigenvalue weighted by molar-refractivity contribution is -0.145. The van der Waals surface area contributed by atoms with Crippen LogP contribution in [0.3, 0.4) is 0 Å². The van der Waals surface area contributed by atoms with Crippen LogP contribution in [0.5, 0.6) is 5.88 Å². The molecule has 1 saturated heterocycles. The number of carbonyl (C=O) groups excluding carboxylic acids is 1. The van der Waals surface area contributed by atoms with Crippen LogP contribution < -0.4 is 15.6 Å². The van der Waals surface area contributed by atoms with Crippen molar-refractivity contribution in [3.05, 3.63) is 87.7 Å². The summed E-state index contributed by atoms with van der Waals surface area (Å²) in [6.07, 6.45) is 5.04. The summed E-state index contributed by atoms with van der Waals surface area (Å²) in [6, 6.07) is 13.5. The molecule has 2 unspecified atom stereocenters. The molecule has 2 aliphatic rings. The summed E-state index contributed by atoms with van der Waals surface area (Å²) in [5.41, 5.74) is 5.30. The SMILES string of the molecule is CCOC(=O)C1C2CN(Cc3ncc(-c4cccc(-c5cccc(Nc6nccc7cnn(C)c(=O)c67)c5C)c4Cl)nc3OC)CC21. The van der Waals surface area contributed by atoms with Gasteiger partial charge in [0.15, 0.2) is 0 Å². The van der Waals surface area contributed by atoms with Crippen molar-refractivity contribution in [3.8, 4) is 28.3 Å². The second-order valence-corrected chi connectivity index (χ2v) is 12.4. The van der Waals surface area contributed by atoms with Crippen LogP contribution in [0.2, 0.25) is 5.02 Å². The number of piperidine rings is 1. The first-order valence-corrected chi connectivity index (χ1v) is 15.9. The van der Waals surface area contributed by atoms with Gasteiger partial charge in [0, 0.05) is 55.1 Å². The Labute approximate surface area is 276 Å². The molecule has 0 amide bonds. The summed E-state index contributed by atoms with van der Waals surface area (Å²) in [5.74, 6) is 1.54. The molecule has 1 aliphatic carbocycles. The highest BCUT2D eigenvalue weighted by Gasteiger charge is 2.60. The Morgan fingerprint density at radius 3 is 2.55 bits per heavy atom. The van der Waals surface area contributed by atoms with Crippen molar-refractivity contribution in [2.24, 2.45) is 24.8 Å². The number of aryl methyl sites for hydroxylation is 1. The van der Waals surface area contributed by atoms with Crippen molar-refractivity contribution in [2.75, 3.05) is 32.1 Å². The number of pyridine rings is 1. The van der Waals surface area contributed by atoms with Crippen LogP contribution in [-0.2, 0) is 23.1 Å². The van der Waals surface area contributed by atoms with Crippen LogP contribution in [-0.4, -0.2) is 62.4 Å². The lowest BCUT2D eigenvalue weighted by atomic mass is 9.96. The van der Waals surface area contributed by atoms with Crippen LogP contribution in [0.15, 0.2) is 65.8 Å². The standard InChI is InChI=1S/C35H34ClN7O4/c1-5-47-35(45)30-24-16-43(17-25(24)30)18-28-33(46-4)41-27(15-38-28)23-10-6-9-22(31(23)36)21-8-7-11-26(19(21)2)40-32-29-20(12-13-37-32)14-39-42(3)34(29)44/h6-15,24-25,30H,5,16-18H2,1-4H3,(H,37,40). The number of likely N-dealkylation sites (tertiary alicyclic amines) is 1. The minimum atomic E-state index is -0.232. The quantitative estimate of drug-likeness (QED) is 0.207. The minimum Gasteiger partial charge on any atom is -0.480 e. The van der Waals surface area contributed by atoms with Gasteiger partial charge >= 0.3 is 5.97 Å². The third-order valence-corrected chi connectivity index (χ3v) is 9.63. The Morgan fingerprint density at radius 2 is 1.79 bits per heavy atom. The molecule has 7 rings (SSSR count). The van der Waals surface area contributed by atoms with Crippen LogP contribution in [0, 0.1) is 24.7 Å². The molecular weight excluding hydrogens is 618 g/mol. The van der Waals surface area contributed by atoms with Gasteiger partial charge in [0.1, 0.15) is 11.5 Å². The van der Waals surface area contributed by atoms with Crippen molar-refractivity contribution in [2.45, 2.75) is 20.4 Å². The number of benzene rings is 2. The summed E-state index contributed by atoms with van der Waals surface area (Å²) in [5, 5.41) is 9.20. The fourth-order valence-electron chi connectivity index (χ4n) is 6.74. The van der Waals surface area contributed by atoms with Crippen LogP contribution in [0.1, 0.15) is 18.2 Å². The number of fused-ring (bicyclic) bond motifs is 2. The molecule has 240 valence electrons. The summed E-state index contributed by atoms with van der Waals surface area (Å²) >= 11 is 7.10. The van der Waals surface area contributed by atoms with Crippen LogP contribution in [0.4, 0.5) is 11.5 Å². The molecule has 1 aliphatic heterocycles. The van der Waals surface area contributed by atoms with Gasteiger partial charge in [0.25, 0.3) is 5.56 Å². The van der Waals surface area contributed by atoms with Gasteiger partial charge in [0.2, 0.25) is 5.88 Å². The van der Waals surface area contributed by atoms with Gasteiger partial charge in [-0.15, -0.1) is 0 Å². The number of ether oxygens (including phenoxy) is 2. The molecule has 2 fully saturated rings. The van der Waals surface area contributed by atoms with Gasteiger partial charge in [-0.1, -0.05) is 41.9 Å². The number of carbonyl (C=O) groups is 1. The van der Waals surface area contributed by atoms with E-state index in [0.717, 1.165) is 46.7 Å². The van der Waals surface area contributed by atoms with E-state index < -0.39 is 0 Å². The third kappa shape index (κ3) is 5.59. The fourth-order valence-corrected chi connectivity index (χ4v) is 7.06. The first-order valence-electron chi connectivity index (χ1n) is 15.5. The number of halogens is 1. The Hall–Kier alpha value is -4.87. The molecule has 1 saturated carbocycles. The zero-order valence-electron chi connectivity index (χ0n) is 26.5. The number of nitrogens with one attached hydrogen (secondary N) is 1. The van der Waals surface area contributed by atoms with Crippen LogP contribution >= 0.6 is 11.6 Å². The van der Waals surface area contributed by atoms with E-state index in [-0.39, 0.29) is 17.4 Å². The molecule has 12 heteroatoms. The molecule has 5 aromatic rings. The molecule has 4 heterocycles. The maximum absolute atomic E-state index is 12.9. The molecular formula is C35H34ClN7O4. The van der Waals surface area contributed by atoms with Gasteiger partial charge < -0.3 is 14.8 Å². The molecule has 0 spiro atoms. The first kappa shape index (κ1) is 30.8. The van der Waals surface area contributed by atoms with Gasteiger partial charge in [0.05, 0.1) is 48.1 Å². The molecule has 47 heavy (non-hydrogen) atoms. The van der Waals surface area contributed by atoms with Crippen molar-refractivity contribution in [1.82, 2.24) is 29.6 Å². The molecule has 1 N–H and O–H groups in total. The zero-order valence-corrected chi connectivity index (χ0v) is 27.3. The van der Waals surface area contributed by atoms with Crippen molar-refractivity contribution < 1.29 is 14.3 Å². The summed E-state index contributed by atoms with van der Waals surface area (Å²) in [6.45, 7) is 6.49. The number of esters is 1. The maximum atomic E-state index is 12.9. The topological polar surface area (TPSA) is 124 Å². The van der Waals surface area contributed by atoms with Crippen molar-refractivity contribution >= 4 is 39.8 Å². The van der Waals surface area contributed by atoms with Gasteiger partial charge in [-0.2, -0.15) is 5.10 Å². The molecule has 11 nitrogen and oxygen atoms in total. The van der Waals surface area contributed by atoms with Gasteiger partial charge in [-0.05, 0) is 48.9 Å². The van der Waals surface area contributed by atoms with E-state index >= 15 is 0 Å². The smallest absolute Gasteiger partial charge is 0.309 e. The molecule has 0 bridgehead atoms. The summed E-state index contributed by atoms with van der Waals surface area (Å²) in [7, 11) is 3.21. The number of aromatic nitrogens is 5. The minimum absolute atomic E-state index is 0.0255. The van der Waals surface area contributed by atoms with Crippen molar-refractivity contribution in [1.29, 1.82) is 0 Å². The molecule has 2 aromatic carbocycles. The van der Waals surface area contributed by atoms with E-state index in [1.165, 1.54) is 4.68 Å². The van der Waals surface area contributed by atoms with E-state index in [9.17, 15) is 9.59 Å². The highest BCUT2D eigenvalue weighted by molar-refractivity contribution is 6.36. The summed E-state index contributed by atoms with van der Waals surface area (Å²) in [4.78, 5) is 41.4. The maximum Gasteiger partial charge on any atom is 0.309 e. The zero-order chi connectivity index (χ0) is 32.8. The molecule has 2 atom stereocenters. The predicted molar refractivity (Wildman–Crippen MR) is 180 cm³/mol. The second-order valence-electron chi connectivity index (χ2n) is 12.0. The average molecular weight is 652 g/mol. The predicted octanol–water partition coefficient (Wildman–Crippen LogP) is 5.41. The third-order valence-electron chi connectivity index (χ3n) is 9.22. The normalized spacial score (nSPS) is 18.6. The van der Waals surface area contributed by atoms with Gasteiger partial charge in [-0.25, -0.2) is 14.6 Å². The number of nitrogens with zero attached hydrogens (tertiary/aromatic N) is 6. The number of hydrogen-bond donors (Lipinski definition) is 1. The Bertz CT molecular complexity index is 2070. The number of rotatable bonds is 9. The van der Waals surface area contributed by atoms with E-state index in [2.05, 4.69) is 20.3 Å². The molecule has 3 aromatic heterocycles. The summed E-state index contributed by atoms with van der Waals surface area (Å²) < 4.78 is 12.2. The Morgan fingerprint density at radius 1 is 1.04 bits per heavy atom. The highest BCUT2D eigenvalue weighted by atomic mass is 35.5. The second kappa shape index (κ2) is 12.4. The van der Waals surface area contributed by atoms with Gasteiger partial charge in [-0.3, -0.25) is 19.5 Å². The van der Waals surface area contributed by atoms with E-state index in [1.54, 1.807) is 38.8 Å². The molecule has 0 radical (unpaired) electrons. The first-order chi connectivity index (χ1) is 22.8. The largest absolute Gasteiger partial charge is 0.480 e. The number of methoxy groups -OCH3 is 1. The lowest BCUT2D eigenvalue weighted by Crippen LogP contribution is -2.27. The van der Waals surface area contributed by atoms with E-state index in [0.29, 0.717) is 58.2 Å².